The molecular weight excluding hydrogens is 198 g/mol. The largest absolute Gasteiger partial charge is 0.508 e. The average Bonchev–Trinajstić information content (AvgIpc) is 2.54. The lowest BCUT2D eigenvalue weighted by molar-refractivity contribution is 0.394. The van der Waals surface area contributed by atoms with Crippen molar-refractivity contribution in [3.8, 4) is 5.75 Å². The normalized spacial score (nSPS) is 25.8. The molecule has 1 unspecified atom stereocenters. The Balaban J connectivity index is 0.000000980. The van der Waals surface area contributed by atoms with Gasteiger partial charge in [-0.2, -0.15) is 0 Å². The summed E-state index contributed by atoms with van der Waals surface area (Å²) in [6.07, 6.45) is 2.29. The summed E-state index contributed by atoms with van der Waals surface area (Å²) in [5, 5.41) is 13.1. The number of phenolic OH excluding ortho intramolecular Hbond substituents is 1. The van der Waals surface area contributed by atoms with Gasteiger partial charge in [-0.1, -0.05) is 18.2 Å². The van der Waals surface area contributed by atoms with Gasteiger partial charge in [-0.3, -0.25) is 0 Å². The number of nitrogens with one attached hydrogen (secondary N) is 1. The lowest BCUT2D eigenvalue weighted by Gasteiger charge is -2.25. The summed E-state index contributed by atoms with van der Waals surface area (Å²) in [4.78, 5) is 0. The van der Waals surface area contributed by atoms with E-state index in [1.807, 2.05) is 18.2 Å². The number of halogens is 1. The van der Waals surface area contributed by atoms with Crippen LogP contribution in [0.1, 0.15) is 25.3 Å². The number of benzene rings is 1. The van der Waals surface area contributed by atoms with Crippen LogP contribution in [-0.4, -0.2) is 11.7 Å². The maximum Gasteiger partial charge on any atom is 0.120 e. The highest BCUT2D eigenvalue weighted by Crippen LogP contribution is 2.35. The second kappa shape index (κ2) is 4.20. The highest BCUT2D eigenvalue weighted by atomic mass is 35.5. The average molecular weight is 214 g/mol. The van der Waals surface area contributed by atoms with Crippen LogP contribution >= 0.6 is 12.4 Å². The molecule has 0 amide bonds. The van der Waals surface area contributed by atoms with Crippen LogP contribution in [0.2, 0.25) is 0 Å². The van der Waals surface area contributed by atoms with Gasteiger partial charge in [0.25, 0.3) is 0 Å². The molecule has 0 aliphatic carbocycles. The number of rotatable bonds is 1. The van der Waals surface area contributed by atoms with Crippen LogP contribution in [-0.2, 0) is 5.54 Å². The summed E-state index contributed by atoms with van der Waals surface area (Å²) < 4.78 is 0. The molecule has 0 spiro atoms. The maximum absolute atomic E-state index is 9.70. The van der Waals surface area contributed by atoms with E-state index >= 15 is 0 Å². The molecule has 78 valence electrons. The smallest absolute Gasteiger partial charge is 0.120 e. The van der Waals surface area contributed by atoms with Crippen molar-refractivity contribution >= 4 is 12.4 Å². The Labute approximate surface area is 90.7 Å². The molecule has 2 rings (SSSR count). The Morgan fingerprint density at radius 2 is 2.07 bits per heavy atom. The summed E-state index contributed by atoms with van der Waals surface area (Å²) >= 11 is 0. The molecule has 1 heterocycles. The SMILES string of the molecule is CC1(c2ccccc2O)CCCN1.Cl. The molecule has 2 nitrogen and oxygen atoms in total. The maximum atomic E-state index is 9.70. The van der Waals surface area contributed by atoms with Crippen molar-refractivity contribution in [1.82, 2.24) is 5.32 Å². The van der Waals surface area contributed by atoms with Crippen LogP contribution in [0.5, 0.6) is 5.75 Å². The molecule has 1 fully saturated rings. The van der Waals surface area contributed by atoms with Crippen LogP contribution in [0.25, 0.3) is 0 Å². The predicted octanol–water partition coefficient (Wildman–Crippen LogP) is 2.41. The van der Waals surface area contributed by atoms with E-state index in [1.54, 1.807) is 6.07 Å². The zero-order valence-corrected chi connectivity index (χ0v) is 9.10. The van der Waals surface area contributed by atoms with Crippen molar-refractivity contribution in [2.45, 2.75) is 25.3 Å². The van der Waals surface area contributed by atoms with Gasteiger partial charge in [0.15, 0.2) is 0 Å². The van der Waals surface area contributed by atoms with Gasteiger partial charge in [0.1, 0.15) is 5.75 Å². The van der Waals surface area contributed by atoms with Crippen molar-refractivity contribution in [3.05, 3.63) is 29.8 Å². The zero-order chi connectivity index (χ0) is 9.31. The topological polar surface area (TPSA) is 32.3 Å². The van der Waals surface area contributed by atoms with Crippen LogP contribution in [0.3, 0.4) is 0 Å². The van der Waals surface area contributed by atoms with Gasteiger partial charge >= 0.3 is 0 Å². The minimum Gasteiger partial charge on any atom is -0.508 e. The van der Waals surface area contributed by atoms with Gasteiger partial charge < -0.3 is 10.4 Å². The Hall–Kier alpha value is -0.730. The van der Waals surface area contributed by atoms with E-state index in [2.05, 4.69) is 12.2 Å². The predicted molar refractivity (Wildman–Crippen MR) is 59.9 cm³/mol. The zero-order valence-electron chi connectivity index (χ0n) is 8.29. The molecular formula is C11H16ClNO. The molecule has 3 heteroatoms. The third kappa shape index (κ3) is 1.86. The molecule has 1 aromatic rings. The number of para-hydroxylation sites is 1. The van der Waals surface area contributed by atoms with E-state index in [1.165, 1.54) is 6.42 Å². The molecule has 0 aromatic heterocycles. The van der Waals surface area contributed by atoms with E-state index in [-0.39, 0.29) is 17.9 Å². The van der Waals surface area contributed by atoms with Crippen LogP contribution in [0.4, 0.5) is 0 Å². The molecule has 1 saturated heterocycles. The second-order valence-corrected chi connectivity index (χ2v) is 3.88. The van der Waals surface area contributed by atoms with E-state index in [4.69, 9.17) is 0 Å². The molecule has 1 atom stereocenters. The fraction of sp³-hybridized carbons (Fsp3) is 0.455. The Morgan fingerprint density at radius 3 is 2.64 bits per heavy atom. The first-order valence-corrected chi connectivity index (χ1v) is 4.76. The monoisotopic (exact) mass is 213 g/mol. The molecule has 2 N–H and O–H groups in total. The van der Waals surface area contributed by atoms with Crippen molar-refractivity contribution in [2.75, 3.05) is 6.54 Å². The van der Waals surface area contributed by atoms with E-state index < -0.39 is 0 Å². The fourth-order valence-corrected chi connectivity index (χ4v) is 2.06. The minimum atomic E-state index is -0.0225. The summed E-state index contributed by atoms with van der Waals surface area (Å²) in [6.45, 7) is 3.19. The molecule has 0 radical (unpaired) electrons. The minimum absolute atomic E-state index is 0. The van der Waals surface area contributed by atoms with Crippen molar-refractivity contribution in [2.24, 2.45) is 0 Å². The van der Waals surface area contributed by atoms with Crippen LogP contribution in [0.15, 0.2) is 24.3 Å². The van der Waals surface area contributed by atoms with Gasteiger partial charge in [0, 0.05) is 11.1 Å². The van der Waals surface area contributed by atoms with Gasteiger partial charge in [-0.15, -0.1) is 12.4 Å². The summed E-state index contributed by atoms with van der Waals surface area (Å²) in [6, 6.07) is 7.58. The van der Waals surface area contributed by atoms with Crippen LogP contribution < -0.4 is 5.32 Å². The third-order valence-corrected chi connectivity index (χ3v) is 2.87. The summed E-state index contributed by atoms with van der Waals surface area (Å²) in [5.41, 5.74) is 0.998. The second-order valence-electron chi connectivity index (χ2n) is 3.88. The first kappa shape index (κ1) is 11.3. The Kier molecular flexibility index (Phi) is 3.40. The third-order valence-electron chi connectivity index (χ3n) is 2.87. The highest BCUT2D eigenvalue weighted by molar-refractivity contribution is 5.85. The standard InChI is InChI=1S/C11H15NO.ClH/c1-11(7-4-8-12-11)9-5-2-3-6-10(9)13;/h2-3,5-6,12-13H,4,7-8H2,1H3;1H. The van der Waals surface area contributed by atoms with Crippen molar-refractivity contribution < 1.29 is 5.11 Å². The van der Waals surface area contributed by atoms with Crippen LogP contribution in [0, 0.1) is 0 Å². The quantitative estimate of drug-likeness (QED) is 0.751. The van der Waals surface area contributed by atoms with Gasteiger partial charge in [-0.05, 0) is 32.4 Å². The number of aromatic hydroxyl groups is 1. The number of hydrogen-bond donors (Lipinski definition) is 2. The molecule has 1 aliphatic heterocycles. The van der Waals surface area contributed by atoms with Gasteiger partial charge in [0.2, 0.25) is 0 Å². The van der Waals surface area contributed by atoms with E-state index in [0.717, 1.165) is 18.5 Å². The summed E-state index contributed by atoms with van der Waals surface area (Å²) in [7, 11) is 0. The molecule has 14 heavy (non-hydrogen) atoms. The van der Waals surface area contributed by atoms with E-state index in [9.17, 15) is 5.11 Å². The van der Waals surface area contributed by atoms with Gasteiger partial charge in [0.05, 0.1) is 0 Å². The van der Waals surface area contributed by atoms with Crippen molar-refractivity contribution in [1.29, 1.82) is 0 Å². The molecule has 1 aromatic carbocycles. The van der Waals surface area contributed by atoms with E-state index in [0.29, 0.717) is 5.75 Å². The fourth-order valence-electron chi connectivity index (χ4n) is 2.06. The molecule has 1 aliphatic rings. The Bertz CT molecular complexity index is 308. The number of hydrogen-bond acceptors (Lipinski definition) is 2. The lowest BCUT2D eigenvalue weighted by Crippen LogP contribution is -2.33. The first-order valence-electron chi connectivity index (χ1n) is 4.76. The number of phenols is 1. The molecule has 0 saturated carbocycles. The Morgan fingerprint density at radius 1 is 1.36 bits per heavy atom. The highest BCUT2D eigenvalue weighted by Gasteiger charge is 2.31. The van der Waals surface area contributed by atoms with Crippen molar-refractivity contribution in [3.63, 3.8) is 0 Å². The first-order chi connectivity index (χ1) is 6.22. The lowest BCUT2D eigenvalue weighted by atomic mass is 9.90. The molecule has 0 bridgehead atoms. The summed E-state index contributed by atoms with van der Waals surface area (Å²) in [5.74, 6) is 0.402. The van der Waals surface area contributed by atoms with Gasteiger partial charge in [-0.25, -0.2) is 0 Å².